The molecule has 0 radical (unpaired) electrons. The van der Waals surface area contributed by atoms with Crippen LogP contribution in [0.15, 0.2) is 18.5 Å². The maximum absolute atomic E-state index is 9.93. The zero-order valence-corrected chi connectivity index (χ0v) is 10.1. The van der Waals surface area contributed by atoms with Crippen LogP contribution in [0.4, 0.5) is 0 Å². The highest BCUT2D eigenvalue weighted by Crippen LogP contribution is 2.22. The first-order valence-electron chi connectivity index (χ1n) is 6.12. The van der Waals surface area contributed by atoms with E-state index in [9.17, 15) is 5.11 Å². The molecule has 2 heterocycles. The van der Waals surface area contributed by atoms with Crippen molar-refractivity contribution in [3.8, 4) is 0 Å². The van der Waals surface area contributed by atoms with E-state index in [2.05, 4.69) is 4.57 Å². The summed E-state index contributed by atoms with van der Waals surface area (Å²) in [6, 6.07) is 2.00. The second kappa shape index (κ2) is 5.02. The second-order valence-corrected chi connectivity index (χ2v) is 4.97. The third-order valence-corrected chi connectivity index (χ3v) is 3.18. The molecule has 1 saturated heterocycles. The molecular formula is C13H21NO2. The summed E-state index contributed by atoms with van der Waals surface area (Å²) in [5.74, 6) is 0.263. The lowest BCUT2D eigenvalue weighted by molar-refractivity contribution is 0.0966. The highest BCUT2D eigenvalue weighted by atomic mass is 16.5. The summed E-state index contributed by atoms with van der Waals surface area (Å²) in [7, 11) is 0. The van der Waals surface area contributed by atoms with Gasteiger partial charge in [0.05, 0.1) is 12.2 Å². The molecule has 0 aliphatic carbocycles. The topological polar surface area (TPSA) is 34.4 Å². The number of hydrogen-bond acceptors (Lipinski definition) is 2. The quantitative estimate of drug-likeness (QED) is 0.850. The molecule has 2 atom stereocenters. The monoisotopic (exact) mass is 223 g/mol. The second-order valence-electron chi connectivity index (χ2n) is 4.97. The number of nitrogens with zero attached hydrogens (tertiary/aromatic N) is 1. The van der Waals surface area contributed by atoms with Crippen LogP contribution in [-0.4, -0.2) is 22.4 Å². The smallest absolute Gasteiger partial charge is 0.0827 e. The molecule has 2 unspecified atom stereocenters. The minimum atomic E-state index is -0.356. The fourth-order valence-corrected chi connectivity index (χ4v) is 2.16. The highest BCUT2D eigenvalue weighted by molar-refractivity contribution is 5.14. The van der Waals surface area contributed by atoms with E-state index in [4.69, 9.17) is 4.74 Å². The largest absolute Gasteiger partial charge is 0.388 e. The lowest BCUT2D eigenvalue weighted by Crippen LogP contribution is -2.13. The number of aliphatic hydroxyl groups is 1. The van der Waals surface area contributed by atoms with Crippen molar-refractivity contribution in [3.63, 3.8) is 0 Å². The summed E-state index contributed by atoms with van der Waals surface area (Å²) in [6.45, 7) is 5.86. The lowest BCUT2D eigenvalue weighted by atomic mass is 10.0. The van der Waals surface area contributed by atoms with E-state index in [1.807, 2.05) is 32.3 Å². The number of rotatable bonds is 4. The molecule has 0 spiro atoms. The first-order valence-corrected chi connectivity index (χ1v) is 6.12. The van der Waals surface area contributed by atoms with Crippen molar-refractivity contribution in [2.45, 2.75) is 45.4 Å². The first kappa shape index (κ1) is 11.7. The van der Waals surface area contributed by atoms with Crippen molar-refractivity contribution in [3.05, 3.63) is 24.0 Å². The van der Waals surface area contributed by atoms with E-state index in [1.165, 1.54) is 6.42 Å². The van der Waals surface area contributed by atoms with Gasteiger partial charge < -0.3 is 14.4 Å². The van der Waals surface area contributed by atoms with Crippen LogP contribution in [0, 0.1) is 5.92 Å². The zero-order valence-electron chi connectivity index (χ0n) is 10.1. The standard InChI is InChI=1S/C13H21NO2/c1-10(2)13(15)11-5-6-14(8-11)9-12-4-3-7-16-12/h5-6,8,10,12-13,15H,3-4,7,9H2,1-2H3. The average Bonchev–Trinajstić information content (AvgIpc) is 2.88. The van der Waals surface area contributed by atoms with Gasteiger partial charge in [0.15, 0.2) is 0 Å². The number of aliphatic hydroxyl groups excluding tert-OH is 1. The van der Waals surface area contributed by atoms with Crippen LogP contribution in [0.5, 0.6) is 0 Å². The van der Waals surface area contributed by atoms with Gasteiger partial charge in [0, 0.05) is 25.5 Å². The van der Waals surface area contributed by atoms with E-state index < -0.39 is 0 Å². The summed E-state index contributed by atoms with van der Waals surface area (Å²) in [4.78, 5) is 0. The van der Waals surface area contributed by atoms with Crippen molar-refractivity contribution >= 4 is 0 Å². The lowest BCUT2D eigenvalue weighted by Gasteiger charge is -2.13. The maximum atomic E-state index is 9.93. The molecule has 3 nitrogen and oxygen atoms in total. The third-order valence-electron chi connectivity index (χ3n) is 3.18. The SMILES string of the molecule is CC(C)C(O)c1ccn(CC2CCCO2)c1. The maximum Gasteiger partial charge on any atom is 0.0827 e. The predicted molar refractivity (Wildman–Crippen MR) is 63.2 cm³/mol. The molecule has 1 N–H and O–H groups in total. The van der Waals surface area contributed by atoms with Crippen LogP contribution in [-0.2, 0) is 11.3 Å². The predicted octanol–water partition coefficient (Wildman–Crippen LogP) is 2.36. The Kier molecular flexibility index (Phi) is 3.66. The number of aromatic nitrogens is 1. The molecule has 0 saturated carbocycles. The van der Waals surface area contributed by atoms with E-state index >= 15 is 0 Å². The van der Waals surface area contributed by atoms with Gasteiger partial charge in [-0.25, -0.2) is 0 Å². The van der Waals surface area contributed by atoms with E-state index in [0.29, 0.717) is 6.10 Å². The summed E-state index contributed by atoms with van der Waals surface area (Å²) >= 11 is 0. The Labute approximate surface area is 97.0 Å². The summed E-state index contributed by atoms with van der Waals surface area (Å²) in [5, 5.41) is 9.93. The van der Waals surface area contributed by atoms with Gasteiger partial charge in [-0.1, -0.05) is 13.8 Å². The van der Waals surface area contributed by atoms with Gasteiger partial charge in [-0.2, -0.15) is 0 Å². The van der Waals surface area contributed by atoms with Crippen molar-refractivity contribution in [1.82, 2.24) is 4.57 Å². The number of ether oxygens (including phenoxy) is 1. The molecule has 0 bridgehead atoms. The molecule has 1 fully saturated rings. The van der Waals surface area contributed by atoms with Crippen LogP contribution in [0.25, 0.3) is 0 Å². The third kappa shape index (κ3) is 2.66. The number of hydrogen-bond donors (Lipinski definition) is 1. The van der Waals surface area contributed by atoms with Gasteiger partial charge >= 0.3 is 0 Å². The first-order chi connectivity index (χ1) is 7.66. The Bertz CT molecular complexity index is 326. The Hall–Kier alpha value is -0.800. The molecule has 1 aromatic rings. The fraction of sp³-hybridized carbons (Fsp3) is 0.692. The van der Waals surface area contributed by atoms with Gasteiger partial charge in [-0.05, 0) is 30.4 Å². The fourth-order valence-electron chi connectivity index (χ4n) is 2.16. The molecule has 16 heavy (non-hydrogen) atoms. The van der Waals surface area contributed by atoms with E-state index in [-0.39, 0.29) is 12.0 Å². The van der Waals surface area contributed by atoms with Crippen LogP contribution in [0.3, 0.4) is 0 Å². The van der Waals surface area contributed by atoms with Gasteiger partial charge in [-0.3, -0.25) is 0 Å². The summed E-state index contributed by atoms with van der Waals surface area (Å²) in [6.07, 6.45) is 6.39. The Balaban J connectivity index is 1.96. The molecule has 0 amide bonds. The van der Waals surface area contributed by atoms with Gasteiger partial charge in [0.1, 0.15) is 0 Å². The minimum absolute atomic E-state index is 0.263. The van der Waals surface area contributed by atoms with Gasteiger partial charge in [0.25, 0.3) is 0 Å². The Morgan fingerprint density at radius 1 is 1.56 bits per heavy atom. The van der Waals surface area contributed by atoms with Crippen molar-refractivity contribution < 1.29 is 9.84 Å². The van der Waals surface area contributed by atoms with Gasteiger partial charge in [0.2, 0.25) is 0 Å². The van der Waals surface area contributed by atoms with E-state index in [1.54, 1.807) is 0 Å². The zero-order chi connectivity index (χ0) is 11.5. The molecular weight excluding hydrogens is 202 g/mol. The van der Waals surface area contributed by atoms with Crippen LogP contribution in [0.1, 0.15) is 38.4 Å². The Morgan fingerprint density at radius 2 is 2.38 bits per heavy atom. The van der Waals surface area contributed by atoms with Crippen molar-refractivity contribution in [2.24, 2.45) is 5.92 Å². The molecule has 3 heteroatoms. The van der Waals surface area contributed by atoms with Gasteiger partial charge in [-0.15, -0.1) is 0 Å². The normalized spacial score (nSPS) is 22.9. The summed E-state index contributed by atoms with van der Waals surface area (Å²) in [5.41, 5.74) is 1.01. The molecule has 0 aromatic carbocycles. The molecule has 1 aliphatic heterocycles. The molecule has 2 rings (SSSR count). The molecule has 90 valence electrons. The average molecular weight is 223 g/mol. The van der Waals surface area contributed by atoms with E-state index in [0.717, 1.165) is 25.1 Å². The van der Waals surface area contributed by atoms with Crippen LogP contribution < -0.4 is 0 Å². The highest BCUT2D eigenvalue weighted by Gasteiger charge is 2.17. The minimum Gasteiger partial charge on any atom is -0.388 e. The Morgan fingerprint density at radius 3 is 3.00 bits per heavy atom. The van der Waals surface area contributed by atoms with Crippen LogP contribution >= 0.6 is 0 Å². The summed E-state index contributed by atoms with van der Waals surface area (Å²) < 4.78 is 7.71. The van der Waals surface area contributed by atoms with Crippen molar-refractivity contribution in [1.29, 1.82) is 0 Å². The molecule has 1 aliphatic rings. The molecule has 1 aromatic heterocycles. The van der Waals surface area contributed by atoms with Crippen molar-refractivity contribution in [2.75, 3.05) is 6.61 Å². The van der Waals surface area contributed by atoms with Crippen LogP contribution in [0.2, 0.25) is 0 Å².